The molecule has 0 radical (unpaired) electrons. The summed E-state index contributed by atoms with van der Waals surface area (Å²) in [6, 6.07) is 7.32. The molecular weight excluding hydrogens is 375 g/mol. The minimum Gasteiger partial charge on any atom is -0.317 e. The summed E-state index contributed by atoms with van der Waals surface area (Å²) >= 11 is 2.19. The van der Waals surface area contributed by atoms with Gasteiger partial charge in [-0.15, -0.1) is 0 Å². The minimum absolute atomic E-state index is 0.173. The summed E-state index contributed by atoms with van der Waals surface area (Å²) in [5, 5.41) is 3.26. The summed E-state index contributed by atoms with van der Waals surface area (Å²) in [5.74, 6) is 0.173. The van der Waals surface area contributed by atoms with Gasteiger partial charge in [-0.2, -0.15) is 0 Å². The van der Waals surface area contributed by atoms with Crippen LogP contribution in [0, 0.1) is 3.57 Å². The van der Waals surface area contributed by atoms with Crippen molar-refractivity contribution in [1.82, 2.24) is 5.32 Å². The second kappa shape index (κ2) is 8.76. The molecule has 0 saturated heterocycles. The zero-order chi connectivity index (χ0) is 14.1. The molecule has 108 valence electrons. The quantitative estimate of drug-likeness (QED) is 0.499. The average molecular weight is 396 g/mol. The number of halogens is 1. The summed E-state index contributed by atoms with van der Waals surface area (Å²) in [7, 11) is -3.22. The van der Waals surface area contributed by atoms with Crippen molar-refractivity contribution in [2.45, 2.75) is 26.2 Å². The predicted molar refractivity (Wildman–Crippen MR) is 89.0 cm³/mol. The van der Waals surface area contributed by atoms with Gasteiger partial charge in [-0.1, -0.05) is 6.92 Å². The van der Waals surface area contributed by atoms with Crippen molar-refractivity contribution in [2.24, 2.45) is 0 Å². The molecule has 0 amide bonds. The Hall–Kier alpha value is -0.340. The maximum absolute atomic E-state index is 11.8. The topological polar surface area (TPSA) is 58.2 Å². The summed E-state index contributed by atoms with van der Waals surface area (Å²) in [6.07, 6.45) is 2.66. The largest absolute Gasteiger partial charge is 0.317 e. The van der Waals surface area contributed by atoms with E-state index in [1.165, 1.54) is 0 Å². The van der Waals surface area contributed by atoms with Crippen LogP contribution >= 0.6 is 22.6 Å². The van der Waals surface area contributed by atoms with Gasteiger partial charge in [0.1, 0.15) is 0 Å². The van der Waals surface area contributed by atoms with E-state index in [0.29, 0.717) is 12.1 Å². The summed E-state index contributed by atoms with van der Waals surface area (Å²) < 4.78 is 27.4. The van der Waals surface area contributed by atoms with Crippen LogP contribution in [-0.4, -0.2) is 27.3 Å². The molecular formula is C13H21IN2O2S. The highest BCUT2D eigenvalue weighted by Gasteiger charge is 2.09. The van der Waals surface area contributed by atoms with Gasteiger partial charge in [0.25, 0.3) is 0 Å². The molecule has 1 aromatic carbocycles. The van der Waals surface area contributed by atoms with Gasteiger partial charge in [0.05, 0.1) is 5.75 Å². The van der Waals surface area contributed by atoms with E-state index in [0.717, 1.165) is 29.5 Å². The summed E-state index contributed by atoms with van der Waals surface area (Å²) in [5.41, 5.74) is 0.629. The molecule has 0 aliphatic rings. The van der Waals surface area contributed by atoms with Crippen LogP contribution in [0.1, 0.15) is 26.2 Å². The Morgan fingerprint density at radius 3 is 2.42 bits per heavy atom. The lowest BCUT2D eigenvalue weighted by molar-refractivity contribution is 0.590. The number of hydrogen-bond acceptors (Lipinski definition) is 3. The maximum Gasteiger partial charge on any atom is 0.232 e. The van der Waals surface area contributed by atoms with Crippen LogP contribution < -0.4 is 10.0 Å². The van der Waals surface area contributed by atoms with E-state index >= 15 is 0 Å². The molecule has 19 heavy (non-hydrogen) atoms. The zero-order valence-corrected chi connectivity index (χ0v) is 14.1. The maximum atomic E-state index is 11.8. The Kier molecular flexibility index (Phi) is 7.70. The first-order valence-electron chi connectivity index (χ1n) is 6.50. The third-order valence-corrected chi connectivity index (χ3v) is 4.65. The lowest BCUT2D eigenvalue weighted by Crippen LogP contribution is -2.19. The van der Waals surface area contributed by atoms with Crippen LogP contribution in [0.4, 0.5) is 5.69 Å². The van der Waals surface area contributed by atoms with Gasteiger partial charge in [-0.3, -0.25) is 4.72 Å². The van der Waals surface area contributed by atoms with Gasteiger partial charge in [-0.05, 0) is 79.2 Å². The van der Waals surface area contributed by atoms with E-state index in [-0.39, 0.29) is 5.75 Å². The van der Waals surface area contributed by atoms with E-state index in [9.17, 15) is 8.42 Å². The number of anilines is 1. The van der Waals surface area contributed by atoms with E-state index in [1.54, 1.807) is 12.1 Å². The number of nitrogens with one attached hydrogen (secondary N) is 2. The number of rotatable bonds is 9. The van der Waals surface area contributed by atoms with Crippen LogP contribution in [-0.2, 0) is 10.0 Å². The molecule has 1 aromatic rings. The van der Waals surface area contributed by atoms with Crippen molar-refractivity contribution in [1.29, 1.82) is 0 Å². The molecule has 0 fully saturated rings. The van der Waals surface area contributed by atoms with Crippen molar-refractivity contribution in [2.75, 3.05) is 23.6 Å². The first-order valence-corrected chi connectivity index (χ1v) is 9.23. The van der Waals surface area contributed by atoms with Crippen molar-refractivity contribution in [3.05, 3.63) is 27.8 Å². The molecule has 1 rings (SSSR count). The number of unbranched alkanes of at least 4 members (excludes halogenated alkanes) is 1. The normalized spacial score (nSPS) is 11.5. The third-order valence-electron chi connectivity index (χ3n) is 2.56. The van der Waals surface area contributed by atoms with E-state index in [1.807, 2.05) is 12.1 Å². The minimum atomic E-state index is -3.22. The predicted octanol–water partition coefficient (Wildman–Crippen LogP) is 2.81. The van der Waals surface area contributed by atoms with Gasteiger partial charge in [0, 0.05) is 9.26 Å². The van der Waals surface area contributed by atoms with Gasteiger partial charge in [-0.25, -0.2) is 8.42 Å². The molecule has 0 bridgehead atoms. The molecule has 4 nitrogen and oxygen atoms in total. The monoisotopic (exact) mass is 396 g/mol. The Labute approximate surface area is 129 Å². The Morgan fingerprint density at radius 1 is 1.11 bits per heavy atom. The average Bonchev–Trinajstić information content (AvgIpc) is 2.36. The fourth-order valence-corrected chi connectivity index (χ4v) is 3.13. The van der Waals surface area contributed by atoms with Crippen molar-refractivity contribution in [3.63, 3.8) is 0 Å². The van der Waals surface area contributed by atoms with Crippen LogP contribution in [0.15, 0.2) is 24.3 Å². The molecule has 0 atom stereocenters. The first kappa shape index (κ1) is 16.7. The second-order valence-electron chi connectivity index (χ2n) is 4.38. The van der Waals surface area contributed by atoms with Gasteiger partial charge >= 0.3 is 0 Å². The smallest absolute Gasteiger partial charge is 0.232 e. The molecule has 6 heteroatoms. The molecule has 0 aliphatic heterocycles. The molecule has 0 spiro atoms. The summed E-state index contributed by atoms with van der Waals surface area (Å²) in [4.78, 5) is 0. The summed E-state index contributed by atoms with van der Waals surface area (Å²) in [6.45, 7) is 3.99. The second-order valence-corrected chi connectivity index (χ2v) is 7.47. The molecule has 0 aliphatic carbocycles. The number of benzene rings is 1. The molecule has 2 N–H and O–H groups in total. The molecule has 0 heterocycles. The SMILES string of the molecule is CCCNCCCCS(=O)(=O)Nc1ccc(I)cc1. The zero-order valence-electron chi connectivity index (χ0n) is 11.2. The Bertz CT molecular complexity index is 460. The van der Waals surface area contributed by atoms with Crippen molar-refractivity contribution in [3.8, 4) is 0 Å². The third kappa shape index (κ3) is 7.74. The van der Waals surface area contributed by atoms with E-state index < -0.39 is 10.0 Å². The van der Waals surface area contributed by atoms with Gasteiger partial charge < -0.3 is 5.32 Å². The first-order chi connectivity index (χ1) is 9.03. The van der Waals surface area contributed by atoms with E-state index in [4.69, 9.17) is 0 Å². The van der Waals surface area contributed by atoms with Crippen LogP contribution in [0.2, 0.25) is 0 Å². The van der Waals surface area contributed by atoms with Crippen molar-refractivity contribution < 1.29 is 8.42 Å². The number of sulfonamides is 1. The molecule has 0 aromatic heterocycles. The highest BCUT2D eigenvalue weighted by molar-refractivity contribution is 14.1. The highest BCUT2D eigenvalue weighted by Crippen LogP contribution is 2.13. The van der Waals surface area contributed by atoms with Crippen molar-refractivity contribution >= 4 is 38.3 Å². The van der Waals surface area contributed by atoms with Crippen LogP contribution in [0.25, 0.3) is 0 Å². The molecule has 0 unspecified atom stereocenters. The lowest BCUT2D eigenvalue weighted by Gasteiger charge is -2.08. The Balaban J connectivity index is 2.30. The van der Waals surface area contributed by atoms with Gasteiger partial charge in [0.15, 0.2) is 0 Å². The fraction of sp³-hybridized carbons (Fsp3) is 0.538. The number of hydrogen-bond donors (Lipinski definition) is 2. The highest BCUT2D eigenvalue weighted by atomic mass is 127. The standard InChI is InChI=1S/C13H21IN2O2S/c1-2-9-15-10-3-4-11-19(17,18)16-13-7-5-12(14)6-8-13/h5-8,15-16H,2-4,9-11H2,1H3. The molecule has 0 saturated carbocycles. The van der Waals surface area contributed by atoms with Crippen LogP contribution in [0.5, 0.6) is 0 Å². The lowest BCUT2D eigenvalue weighted by atomic mass is 10.3. The van der Waals surface area contributed by atoms with Gasteiger partial charge in [0.2, 0.25) is 10.0 Å². The van der Waals surface area contributed by atoms with E-state index in [2.05, 4.69) is 39.6 Å². The fourth-order valence-electron chi connectivity index (χ4n) is 1.59. The Morgan fingerprint density at radius 2 is 1.79 bits per heavy atom. The van der Waals surface area contributed by atoms with Crippen LogP contribution in [0.3, 0.4) is 0 Å².